The Morgan fingerprint density at radius 1 is 1.45 bits per heavy atom. The maximum absolute atomic E-state index is 11.3. The van der Waals surface area contributed by atoms with Crippen molar-refractivity contribution >= 4 is 17.2 Å². The molecule has 1 fully saturated rings. The fraction of sp³-hybridized carbons (Fsp3) is 0.438. The highest BCUT2D eigenvalue weighted by Crippen LogP contribution is 2.34. The van der Waals surface area contributed by atoms with Crippen LogP contribution in [0.25, 0.3) is 0 Å². The highest BCUT2D eigenvalue weighted by atomic mass is 32.1. The number of thiazole rings is 1. The summed E-state index contributed by atoms with van der Waals surface area (Å²) in [4.78, 5) is 23.2. The predicted molar refractivity (Wildman–Crippen MR) is 86.6 cm³/mol. The van der Waals surface area contributed by atoms with E-state index < -0.39 is 5.91 Å². The first kappa shape index (κ1) is 15.1. The van der Waals surface area contributed by atoms with Crippen LogP contribution >= 0.6 is 11.3 Å². The number of primary amides is 1. The highest BCUT2D eigenvalue weighted by Gasteiger charge is 2.27. The lowest BCUT2D eigenvalue weighted by molar-refractivity contribution is 0.100. The zero-order valence-corrected chi connectivity index (χ0v) is 13.5. The third-order valence-corrected chi connectivity index (χ3v) is 5.09. The molecule has 0 unspecified atom stereocenters. The summed E-state index contributed by atoms with van der Waals surface area (Å²) in [5.74, 6) is -0.397. The minimum Gasteiger partial charge on any atom is -0.365 e. The zero-order valence-electron chi connectivity index (χ0n) is 12.7. The van der Waals surface area contributed by atoms with Crippen LogP contribution in [-0.4, -0.2) is 27.3 Å². The van der Waals surface area contributed by atoms with Crippen LogP contribution in [0.4, 0.5) is 0 Å². The van der Waals surface area contributed by atoms with Gasteiger partial charge in [0.25, 0.3) is 5.91 Å². The second-order valence-corrected chi connectivity index (χ2v) is 6.74. The number of aromatic nitrogens is 2. The molecule has 116 valence electrons. The summed E-state index contributed by atoms with van der Waals surface area (Å²) in [6.45, 7) is 3.86. The number of rotatable bonds is 4. The number of nitrogens with two attached hydrogens (primary N) is 1. The molecule has 0 spiro atoms. The third-order valence-electron chi connectivity index (χ3n) is 3.98. The molecule has 2 aromatic rings. The van der Waals surface area contributed by atoms with E-state index in [0.717, 1.165) is 35.9 Å². The number of amides is 1. The number of nitrogens with zero attached hydrogens (tertiary/aromatic N) is 3. The largest absolute Gasteiger partial charge is 0.365 e. The molecule has 1 amide bonds. The lowest BCUT2D eigenvalue weighted by atomic mass is 10.0. The van der Waals surface area contributed by atoms with Crippen molar-refractivity contribution in [3.8, 4) is 0 Å². The molecular weight excluding hydrogens is 296 g/mol. The van der Waals surface area contributed by atoms with Crippen LogP contribution in [0.2, 0.25) is 0 Å². The van der Waals surface area contributed by atoms with Crippen molar-refractivity contribution in [1.82, 2.24) is 14.9 Å². The first-order valence-corrected chi connectivity index (χ1v) is 8.37. The van der Waals surface area contributed by atoms with E-state index in [1.807, 2.05) is 19.1 Å². The summed E-state index contributed by atoms with van der Waals surface area (Å²) in [5.41, 5.74) is 7.46. The van der Waals surface area contributed by atoms with E-state index in [1.54, 1.807) is 6.20 Å². The van der Waals surface area contributed by atoms with E-state index in [0.29, 0.717) is 4.88 Å². The fourth-order valence-corrected chi connectivity index (χ4v) is 3.85. The van der Waals surface area contributed by atoms with Crippen molar-refractivity contribution in [3.63, 3.8) is 0 Å². The summed E-state index contributed by atoms with van der Waals surface area (Å²) in [7, 11) is 0. The van der Waals surface area contributed by atoms with Gasteiger partial charge in [-0.2, -0.15) is 0 Å². The van der Waals surface area contributed by atoms with Gasteiger partial charge in [0.2, 0.25) is 0 Å². The van der Waals surface area contributed by atoms with Crippen LogP contribution in [0.1, 0.15) is 51.4 Å². The fourth-order valence-electron chi connectivity index (χ4n) is 2.91. The van der Waals surface area contributed by atoms with Crippen LogP contribution in [-0.2, 0) is 6.54 Å². The normalized spacial score (nSPS) is 19.2. The molecule has 22 heavy (non-hydrogen) atoms. The minimum atomic E-state index is -0.397. The Bertz CT molecular complexity index is 670. The summed E-state index contributed by atoms with van der Waals surface area (Å²) >= 11 is 1.42. The Hall–Kier alpha value is -1.79. The van der Waals surface area contributed by atoms with E-state index in [4.69, 9.17) is 5.73 Å². The average molecular weight is 316 g/mol. The van der Waals surface area contributed by atoms with Gasteiger partial charge in [0, 0.05) is 12.2 Å². The minimum absolute atomic E-state index is 0.258. The number of likely N-dealkylation sites (tertiary alicyclic amines) is 1. The summed E-state index contributed by atoms with van der Waals surface area (Å²) < 4.78 is 0. The molecule has 3 heterocycles. The Morgan fingerprint density at radius 2 is 2.32 bits per heavy atom. The quantitative estimate of drug-likeness (QED) is 0.941. The van der Waals surface area contributed by atoms with Gasteiger partial charge in [0.15, 0.2) is 0 Å². The van der Waals surface area contributed by atoms with Crippen molar-refractivity contribution in [2.75, 3.05) is 6.54 Å². The molecule has 2 N–H and O–H groups in total. The van der Waals surface area contributed by atoms with E-state index in [2.05, 4.69) is 20.9 Å². The zero-order chi connectivity index (χ0) is 15.5. The summed E-state index contributed by atoms with van der Waals surface area (Å²) in [5, 5.41) is 0.987. The molecule has 6 heteroatoms. The van der Waals surface area contributed by atoms with Gasteiger partial charge in [-0.05, 0) is 38.4 Å². The smallest absolute Gasteiger partial charge is 0.260 e. The van der Waals surface area contributed by atoms with Crippen LogP contribution < -0.4 is 5.73 Å². The van der Waals surface area contributed by atoms with Gasteiger partial charge in [0.05, 0.1) is 17.9 Å². The number of aryl methyl sites for hydroxylation is 1. The van der Waals surface area contributed by atoms with Crippen LogP contribution in [0.15, 0.2) is 24.4 Å². The van der Waals surface area contributed by atoms with Gasteiger partial charge in [-0.25, -0.2) is 4.98 Å². The predicted octanol–water partition coefficient (Wildman–Crippen LogP) is 2.67. The van der Waals surface area contributed by atoms with Gasteiger partial charge in [0.1, 0.15) is 9.88 Å². The topological polar surface area (TPSA) is 72.1 Å². The number of hydrogen-bond donors (Lipinski definition) is 1. The van der Waals surface area contributed by atoms with Gasteiger partial charge in [-0.15, -0.1) is 11.3 Å². The van der Waals surface area contributed by atoms with Crippen LogP contribution in [0.3, 0.4) is 0 Å². The van der Waals surface area contributed by atoms with E-state index in [-0.39, 0.29) is 6.04 Å². The molecule has 1 aliphatic rings. The molecule has 0 radical (unpaired) electrons. The van der Waals surface area contributed by atoms with Crippen molar-refractivity contribution in [2.24, 2.45) is 5.73 Å². The highest BCUT2D eigenvalue weighted by molar-refractivity contribution is 7.13. The number of carbonyl (C=O) groups is 1. The Kier molecular flexibility index (Phi) is 4.49. The summed E-state index contributed by atoms with van der Waals surface area (Å²) in [6, 6.07) is 6.38. The van der Waals surface area contributed by atoms with E-state index >= 15 is 0 Å². The Morgan fingerprint density at radius 3 is 3.05 bits per heavy atom. The molecule has 0 aliphatic carbocycles. The van der Waals surface area contributed by atoms with Gasteiger partial charge in [-0.3, -0.25) is 14.7 Å². The molecule has 0 saturated carbocycles. The van der Waals surface area contributed by atoms with Gasteiger partial charge >= 0.3 is 0 Å². The SMILES string of the molecule is Cc1cccc(CN2CCCC[C@H]2c2ncc(C(N)=O)s2)n1. The number of pyridine rings is 1. The Balaban J connectivity index is 1.79. The van der Waals surface area contributed by atoms with Crippen LogP contribution in [0, 0.1) is 6.92 Å². The van der Waals surface area contributed by atoms with E-state index in [9.17, 15) is 4.79 Å². The second-order valence-electron chi connectivity index (χ2n) is 5.68. The van der Waals surface area contributed by atoms with E-state index in [1.165, 1.54) is 24.2 Å². The molecule has 2 aromatic heterocycles. The molecule has 0 aromatic carbocycles. The molecule has 1 saturated heterocycles. The monoisotopic (exact) mass is 316 g/mol. The van der Waals surface area contributed by atoms with Crippen molar-refractivity contribution < 1.29 is 4.79 Å². The van der Waals surface area contributed by atoms with Crippen LogP contribution in [0.5, 0.6) is 0 Å². The number of carbonyl (C=O) groups excluding carboxylic acids is 1. The van der Waals surface area contributed by atoms with Crippen molar-refractivity contribution in [3.05, 3.63) is 45.7 Å². The molecule has 0 bridgehead atoms. The maximum Gasteiger partial charge on any atom is 0.260 e. The lowest BCUT2D eigenvalue weighted by Gasteiger charge is -2.34. The molecule has 1 atom stereocenters. The van der Waals surface area contributed by atoms with Crippen molar-refractivity contribution in [1.29, 1.82) is 0 Å². The second kappa shape index (κ2) is 6.54. The number of piperidine rings is 1. The van der Waals surface area contributed by atoms with Crippen molar-refractivity contribution in [2.45, 2.75) is 38.8 Å². The lowest BCUT2D eigenvalue weighted by Crippen LogP contribution is -2.33. The molecule has 1 aliphatic heterocycles. The standard InChI is InChI=1S/C16H20N4OS/c1-11-5-4-6-12(19-11)10-20-8-3-2-7-13(20)16-18-9-14(22-16)15(17)21/h4-6,9,13H,2-3,7-8,10H2,1H3,(H2,17,21)/t13-/m0/s1. The first-order chi connectivity index (χ1) is 10.6. The molecule has 5 nitrogen and oxygen atoms in total. The third kappa shape index (κ3) is 3.34. The number of hydrogen-bond acceptors (Lipinski definition) is 5. The first-order valence-electron chi connectivity index (χ1n) is 7.55. The average Bonchev–Trinajstić information content (AvgIpc) is 2.98. The Labute approximate surface area is 134 Å². The maximum atomic E-state index is 11.3. The summed E-state index contributed by atoms with van der Waals surface area (Å²) in [6.07, 6.45) is 5.04. The van der Waals surface area contributed by atoms with Gasteiger partial charge in [-0.1, -0.05) is 12.5 Å². The molecular formula is C16H20N4OS. The van der Waals surface area contributed by atoms with Gasteiger partial charge < -0.3 is 5.73 Å². The molecule has 3 rings (SSSR count).